The Balaban J connectivity index is 1.80. The summed E-state index contributed by atoms with van der Waals surface area (Å²) in [5.74, 6) is 1.15. The predicted molar refractivity (Wildman–Crippen MR) is 97.5 cm³/mol. The number of nitrogens with one attached hydrogen (secondary N) is 1. The second-order valence-corrected chi connectivity index (χ2v) is 9.51. The van der Waals surface area contributed by atoms with Crippen LogP contribution in [0.3, 0.4) is 0 Å². The Hall–Kier alpha value is -1.52. The van der Waals surface area contributed by atoms with Crippen LogP contribution in [0.1, 0.15) is 44.3 Å². The number of amides is 1. The van der Waals surface area contributed by atoms with Gasteiger partial charge < -0.3 is 14.2 Å². The van der Waals surface area contributed by atoms with E-state index in [-0.39, 0.29) is 30.2 Å². The molecule has 9 nitrogen and oxygen atoms in total. The molecule has 1 aromatic heterocycles. The second-order valence-electron chi connectivity index (χ2n) is 7.63. The van der Waals surface area contributed by atoms with Crippen molar-refractivity contribution in [1.29, 1.82) is 0 Å². The first-order valence-corrected chi connectivity index (χ1v) is 11.0. The van der Waals surface area contributed by atoms with Crippen LogP contribution in [0.25, 0.3) is 0 Å². The van der Waals surface area contributed by atoms with Gasteiger partial charge in [-0.25, -0.2) is 13.1 Å². The first kappa shape index (κ1) is 20.2. The molecule has 3 rings (SSSR count). The lowest BCUT2D eigenvalue weighted by Gasteiger charge is -2.25. The summed E-state index contributed by atoms with van der Waals surface area (Å²) in [6, 6.07) is -0.191. The van der Waals surface area contributed by atoms with Crippen LogP contribution in [0.4, 0.5) is 0 Å². The molecule has 1 saturated heterocycles. The van der Waals surface area contributed by atoms with E-state index >= 15 is 0 Å². The zero-order valence-electron chi connectivity index (χ0n) is 16.1. The molecular weight excluding hydrogens is 372 g/mol. The van der Waals surface area contributed by atoms with Crippen molar-refractivity contribution in [3.8, 4) is 0 Å². The van der Waals surface area contributed by atoms with E-state index in [9.17, 15) is 13.2 Å². The Morgan fingerprint density at radius 1 is 1.48 bits per heavy atom. The lowest BCUT2D eigenvalue weighted by atomic mass is 9.80. The van der Waals surface area contributed by atoms with E-state index in [0.717, 1.165) is 6.42 Å². The fourth-order valence-electron chi connectivity index (χ4n) is 4.34. The van der Waals surface area contributed by atoms with E-state index in [1.54, 1.807) is 11.8 Å². The lowest BCUT2D eigenvalue weighted by Crippen LogP contribution is -2.40. The number of hydrogen-bond donors (Lipinski definition) is 1. The van der Waals surface area contributed by atoms with Gasteiger partial charge in [0.2, 0.25) is 21.8 Å². The number of carbonyl (C=O) groups excluding carboxylic acids is 1. The second kappa shape index (κ2) is 7.84. The molecule has 1 amide bonds. The third kappa shape index (κ3) is 4.17. The summed E-state index contributed by atoms with van der Waals surface area (Å²) in [6.45, 7) is 4.72. The topological polar surface area (TPSA) is 115 Å². The maximum absolute atomic E-state index is 12.3. The van der Waals surface area contributed by atoms with Gasteiger partial charge in [0.05, 0.1) is 11.2 Å². The summed E-state index contributed by atoms with van der Waals surface area (Å²) in [6.07, 6.45) is 2.65. The van der Waals surface area contributed by atoms with Crippen LogP contribution in [-0.2, 0) is 25.0 Å². The minimum absolute atomic E-state index is 0.0265. The zero-order chi connectivity index (χ0) is 19.7. The minimum Gasteiger partial charge on any atom is -0.375 e. The van der Waals surface area contributed by atoms with E-state index in [1.165, 1.54) is 7.11 Å². The number of sulfonamides is 1. The summed E-state index contributed by atoms with van der Waals surface area (Å²) >= 11 is 0. The molecule has 0 radical (unpaired) electrons. The van der Waals surface area contributed by atoms with E-state index in [1.807, 2.05) is 6.92 Å². The van der Waals surface area contributed by atoms with Crippen LogP contribution in [0.2, 0.25) is 0 Å². The van der Waals surface area contributed by atoms with Crippen LogP contribution in [-0.4, -0.2) is 68.0 Å². The molecule has 1 aliphatic carbocycles. The molecule has 3 atom stereocenters. The fourth-order valence-corrected chi connectivity index (χ4v) is 5.82. The SMILES string of the molecule is CCCCS(=O)(=O)N[C@@H]1C[C@H]2CN(C(=O)COC)C[C@@]2(c2nc(C)no2)C1. The molecule has 0 aromatic carbocycles. The highest BCUT2D eigenvalue weighted by Gasteiger charge is 2.58. The number of fused-ring (bicyclic) bond motifs is 1. The molecule has 0 unspecified atom stereocenters. The number of aromatic nitrogens is 2. The molecule has 1 saturated carbocycles. The number of carbonyl (C=O) groups is 1. The van der Waals surface area contributed by atoms with E-state index in [0.29, 0.717) is 44.1 Å². The number of aryl methyl sites for hydroxylation is 1. The van der Waals surface area contributed by atoms with Gasteiger partial charge >= 0.3 is 0 Å². The Bertz CT molecular complexity index is 780. The highest BCUT2D eigenvalue weighted by Crippen LogP contribution is 2.50. The highest BCUT2D eigenvalue weighted by atomic mass is 32.2. The highest BCUT2D eigenvalue weighted by molar-refractivity contribution is 7.89. The first-order chi connectivity index (χ1) is 12.8. The predicted octanol–water partition coefficient (Wildman–Crippen LogP) is 0.603. The third-order valence-electron chi connectivity index (χ3n) is 5.56. The maximum atomic E-state index is 12.3. The van der Waals surface area contributed by atoms with Crippen LogP contribution in [0.15, 0.2) is 4.52 Å². The molecule has 10 heteroatoms. The fraction of sp³-hybridized carbons (Fsp3) is 0.824. The normalized spacial score (nSPS) is 27.9. The summed E-state index contributed by atoms with van der Waals surface area (Å²) < 4.78 is 37.9. The molecule has 0 bridgehead atoms. The number of methoxy groups -OCH3 is 1. The summed E-state index contributed by atoms with van der Waals surface area (Å²) in [5, 5.41) is 3.91. The molecule has 27 heavy (non-hydrogen) atoms. The quantitative estimate of drug-likeness (QED) is 0.679. The summed E-state index contributed by atoms with van der Waals surface area (Å²) in [5.41, 5.74) is -0.511. The Kier molecular flexibility index (Phi) is 5.87. The number of rotatable bonds is 8. The van der Waals surface area contributed by atoms with Crippen molar-refractivity contribution in [3.05, 3.63) is 11.7 Å². The van der Waals surface area contributed by atoms with Crippen molar-refractivity contribution >= 4 is 15.9 Å². The van der Waals surface area contributed by atoms with Crippen molar-refractivity contribution < 1.29 is 22.5 Å². The Labute approximate surface area is 159 Å². The molecule has 2 fully saturated rings. The monoisotopic (exact) mass is 400 g/mol. The standard InChI is InChI=1S/C17H28N4O5S/c1-4-5-6-27(23,24)20-14-7-13-9-21(15(22)10-25-3)11-17(13,8-14)16-18-12(2)19-26-16/h13-14,20H,4-11H2,1-3H3/t13-,14+,17-/m0/s1. The third-order valence-corrected chi connectivity index (χ3v) is 7.08. The number of hydrogen-bond acceptors (Lipinski definition) is 7. The first-order valence-electron chi connectivity index (χ1n) is 9.37. The molecule has 2 heterocycles. The summed E-state index contributed by atoms with van der Waals surface area (Å²) in [4.78, 5) is 18.5. The average Bonchev–Trinajstić information content (AvgIpc) is 3.25. The van der Waals surface area contributed by atoms with Crippen LogP contribution >= 0.6 is 0 Å². The molecule has 152 valence electrons. The molecule has 1 aliphatic heterocycles. The van der Waals surface area contributed by atoms with Crippen molar-refractivity contribution in [2.45, 2.75) is 51.0 Å². The Morgan fingerprint density at radius 3 is 2.89 bits per heavy atom. The molecule has 1 aromatic rings. The van der Waals surface area contributed by atoms with E-state index in [2.05, 4.69) is 14.9 Å². The van der Waals surface area contributed by atoms with E-state index < -0.39 is 15.4 Å². The van der Waals surface area contributed by atoms with Gasteiger partial charge in [0.1, 0.15) is 6.61 Å². The van der Waals surface area contributed by atoms with Crippen LogP contribution in [0.5, 0.6) is 0 Å². The Morgan fingerprint density at radius 2 is 2.26 bits per heavy atom. The lowest BCUT2D eigenvalue weighted by molar-refractivity contribution is -0.134. The van der Waals surface area contributed by atoms with Gasteiger partial charge in [-0.2, -0.15) is 4.98 Å². The minimum atomic E-state index is -3.32. The van der Waals surface area contributed by atoms with Gasteiger partial charge in [-0.05, 0) is 32.1 Å². The molecular formula is C17H28N4O5S. The van der Waals surface area contributed by atoms with Crippen molar-refractivity contribution in [2.24, 2.45) is 5.92 Å². The van der Waals surface area contributed by atoms with Gasteiger partial charge in [-0.1, -0.05) is 18.5 Å². The van der Waals surface area contributed by atoms with Gasteiger partial charge in [0, 0.05) is 26.2 Å². The molecule has 1 N–H and O–H groups in total. The number of likely N-dealkylation sites (tertiary alicyclic amines) is 1. The maximum Gasteiger partial charge on any atom is 0.248 e. The zero-order valence-corrected chi connectivity index (χ0v) is 16.9. The molecule has 2 aliphatic rings. The smallest absolute Gasteiger partial charge is 0.248 e. The van der Waals surface area contributed by atoms with Gasteiger partial charge in [-0.15, -0.1) is 0 Å². The van der Waals surface area contributed by atoms with Crippen molar-refractivity contribution in [3.63, 3.8) is 0 Å². The van der Waals surface area contributed by atoms with Gasteiger partial charge in [0.25, 0.3) is 0 Å². The van der Waals surface area contributed by atoms with Crippen LogP contribution in [0, 0.1) is 12.8 Å². The van der Waals surface area contributed by atoms with Gasteiger partial charge in [-0.3, -0.25) is 4.79 Å². The number of ether oxygens (including phenoxy) is 1. The van der Waals surface area contributed by atoms with Crippen LogP contribution < -0.4 is 4.72 Å². The largest absolute Gasteiger partial charge is 0.375 e. The van der Waals surface area contributed by atoms with Gasteiger partial charge in [0.15, 0.2) is 5.82 Å². The average molecular weight is 401 g/mol. The van der Waals surface area contributed by atoms with E-state index in [4.69, 9.17) is 9.26 Å². The van der Waals surface area contributed by atoms with Crippen molar-refractivity contribution in [2.75, 3.05) is 32.6 Å². The number of unbranched alkanes of at least 4 members (excludes halogenated alkanes) is 1. The van der Waals surface area contributed by atoms with Crippen molar-refractivity contribution in [1.82, 2.24) is 19.8 Å². The number of nitrogens with zero attached hydrogens (tertiary/aromatic N) is 3. The summed E-state index contributed by atoms with van der Waals surface area (Å²) in [7, 11) is -1.82. The molecule has 0 spiro atoms.